The molecule has 0 bridgehead atoms. The third-order valence-electron chi connectivity index (χ3n) is 3.70. The molecule has 3 heteroatoms. The summed E-state index contributed by atoms with van der Waals surface area (Å²) in [5.41, 5.74) is 6.00. The number of nitrogens with two attached hydrogens (primary N) is 1. The number of hydrogen-bond donors (Lipinski definition) is 1. The molecule has 0 aliphatic carbocycles. The lowest BCUT2D eigenvalue weighted by atomic mass is 9.93. The average molecular weight is 200 g/mol. The van der Waals surface area contributed by atoms with Gasteiger partial charge in [-0.05, 0) is 26.3 Å². The summed E-state index contributed by atoms with van der Waals surface area (Å²) in [6.07, 6.45) is 3.46. The van der Waals surface area contributed by atoms with Crippen molar-refractivity contribution in [3.8, 4) is 0 Å². The maximum Gasteiger partial charge on any atom is 0.0663 e. The van der Waals surface area contributed by atoms with Crippen molar-refractivity contribution in [1.82, 2.24) is 4.90 Å². The van der Waals surface area contributed by atoms with E-state index in [9.17, 15) is 0 Å². The monoisotopic (exact) mass is 200 g/mol. The first-order valence-corrected chi connectivity index (χ1v) is 5.71. The number of likely N-dealkylation sites (N-methyl/N-ethyl adjacent to an activating group) is 1. The van der Waals surface area contributed by atoms with E-state index in [4.69, 9.17) is 10.5 Å². The van der Waals surface area contributed by atoms with Crippen molar-refractivity contribution in [3.63, 3.8) is 0 Å². The maximum absolute atomic E-state index is 5.90. The Hall–Kier alpha value is -0.120. The first-order chi connectivity index (χ1) is 6.70. The lowest BCUT2D eigenvalue weighted by Crippen LogP contribution is -2.56. The standard InChI is InChI=1S/C11H24N2O/c1-4-10(5-2)13(3)11(8-12)6-7-14-9-11/h10H,4-9,12H2,1-3H3. The van der Waals surface area contributed by atoms with Crippen LogP contribution in [0.15, 0.2) is 0 Å². The van der Waals surface area contributed by atoms with Gasteiger partial charge in [0.05, 0.1) is 12.1 Å². The zero-order valence-electron chi connectivity index (χ0n) is 9.75. The molecule has 0 aromatic rings. The summed E-state index contributed by atoms with van der Waals surface area (Å²) in [6.45, 7) is 6.85. The van der Waals surface area contributed by atoms with Crippen molar-refractivity contribution in [2.24, 2.45) is 5.73 Å². The number of rotatable bonds is 5. The molecule has 0 saturated carbocycles. The molecular weight excluding hydrogens is 176 g/mol. The zero-order valence-corrected chi connectivity index (χ0v) is 9.75. The molecule has 3 nitrogen and oxygen atoms in total. The van der Waals surface area contributed by atoms with Crippen LogP contribution >= 0.6 is 0 Å². The third-order valence-corrected chi connectivity index (χ3v) is 3.70. The second kappa shape index (κ2) is 5.10. The van der Waals surface area contributed by atoms with Crippen LogP contribution in [0.25, 0.3) is 0 Å². The predicted octanol–water partition coefficient (Wildman–Crippen LogP) is 1.22. The van der Waals surface area contributed by atoms with Crippen LogP contribution in [-0.2, 0) is 4.74 Å². The Morgan fingerprint density at radius 2 is 2.07 bits per heavy atom. The summed E-state index contributed by atoms with van der Waals surface area (Å²) >= 11 is 0. The number of nitrogens with zero attached hydrogens (tertiary/aromatic N) is 1. The third kappa shape index (κ3) is 2.10. The Kier molecular flexibility index (Phi) is 4.35. The molecule has 0 aromatic heterocycles. The molecule has 1 unspecified atom stereocenters. The highest BCUT2D eigenvalue weighted by atomic mass is 16.5. The lowest BCUT2D eigenvalue weighted by molar-refractivity contribution is 0.0558. The maximum atomic E-state index is 5.90. The minimum atomic E-state index is 0.108. The van der Waals surface area contributed by atoms with Crippen molar-refractivity contribution in [3.05, 3.63) is 0 Å². The molecule has 0 spiro atoms. The van der Waals surface area contributed by atoms with Crippen LogP contribution in [0.5, 0.6) is 0 Å². The fourth-order valence-electron chi connectivity index (χ4n) is 2.40. The van der Waals surface area contributed by atoms with Gasteiger partial charge in [-0.3, -0.25) is 4.90 Å². The van der Waals surface area contributed by atoms with Crippen molar-refractivity contribution in [1.29, 1.82) is 0 Å². The van der Waals surface area contributed by atoms with Gasteiger partial charge in [0, 0.05) is 19.2 Å². The molecule has 1 heterocycles. The Balaban J connectivity index is 2.67. The lowest BCUT2D eigenvalue weighted by Gasteiger charge is -2.41. The van der Waals surface area contributed by atoms with Gasteiger partial charge >= 0.3 is 0 Å². The predicted molar refractivity (Wildman–Crippen MR) is 59.4 cm³/mol. The highest BCUT2D eigenvalue weighted by molar-refractivity contribution is 4.95. The molecule has 0 radical (unpaired) electrons. The van der Waals surface area contributed by atoms with Gasteiger partial charge < -0.3 is 10.5 Å². The van der Waals surface area contributed by atoms with E-state index in [0.29, 0.717) is 12.6 Å². The Bertz CT molecular complexity index is 163. The van der Waals surface area contributed by atoms with Gasteiger partial charge in [0.1, 0.15) is 0 Å². The largest absolute Gasteiger partial charge is 0.379 e. The molecule has 1 aliphatic rings. The smallest absolute Gasteiger partial charge is 0.0663 e. The van der Waals surface area contributed by atoms with Crippen molar-refractivity contribution in [2.75, 3.05) is 26.8 Å². The van der Waals surface area contributed by atoms with E-state index < -0.39 is 0 Å². The Morgan fingerprint density at radius 3 is 2.43 bits per heavy atom. The average Bonchev–Trinajstić information content (AvgIpc) is 2.69. The normalized spacial score (nSPS) is 27.9. The van der Waals surface area contributed by atoms with Gasteiger partial charge in [-0.2, -0.15) is 0 Å². The summed E-state index contributed by atoms with van der Waals surface area (Å²) in [6, 6.07) is 0.639. The van der Waals surface area contributed by atoms with Gasteiger partial charge in [-0.15, -0.1) is 0 Å². The van der Waals surface area contributed by atoms with Crippen LogP contribution in [-0.4, -0.2) is 43.3 Å². The van der Waals surface area contributed by atoms with Gasteiger partial charge in [0.15, 0.2) is 0 Å². The molecule has 0 amide bonds. The highest BCUT2D eigenvalue weighted by Gasteiger charge is 2.39. The van der Waals surface area contributed by atoms with Gasteiger partial charge in [-0.25, -0.2) is 0 Å². The van der Waals surface area contributed by atoms with Gasteiger partial charge in [-0.1, -0.05) is 13.8 Å². The van der Waals surface area contributed by atoms with E-state index in [2.05, 4.69) is 25.8 Å². The van der Waals surface area contributed by atoms with Gasteiger partial charge in [0.2, 0.25) is 0 Å². The topological polar surface area (TPSA) is 38.5 Å². The minimum Gasteiger partial charge on any atom is -0.379 e. The second-order valence-corrected chi connectivity index (χ2v) is 4.31. The van der Waals surface area contributed by atoms with Crippen molar-refractivity contribution < 1.29 is 4.74 Å². The fourth-order valence-corrected chi connectivity index (χ4v) is 2.40. The van der Waals surface area contributed by atoms with E-state index in [1.807, 2.05) is 0 Å². The molecule has 0 aromatic carbocycles. The van der Waals surface area contributed by atoms with Crippen LogP contribution in [0.4, 0.5) is 0 Å². The van der Waals surface area contributed by atoms with E-state index in [1.54, 1.807) is 0 Å². The summed E-state index contributed by atoms with van der Waals surface area (Å²) in [4.78, 5) is 2.44. The quantitative estimate of drug-likeness (QED) is 0.725. The van der Waals surface area contributed by atoms with E-state index >= 15 is 0 Å². The summed E-state index contributed by atoms with van der Waals surface area (Å²) in [7, 11) is 2.19. The number of hydrogen-bond acceptors (Lipinski definition) is 3. The van der Waals surface area contributed by atoms with Gasteiger partial charge in [0.25, 0.3) is 0 Å². The molecule has 1 saturated heterocycles. The zero-order chi connectivity index (χ0) is 10.6. The summed E-state index contributed by atoms with van der Waals surface area (Å²) < 4.78 is 5.49. The number of ether oxygens (including phenoxy) is 1. The molecule has 1 fully saturated rings. The first kappa shape index (κ1) is 12.0. The van der Waals surface area contributed by atoms with Crippen LogP contribution in [0.1, 0.15) is 33.1 Å². The Labute approximate surface area is 87.6 Å². The van der Waals surface area contributed by atoms with Crippen LogP contribution in [0, 0.1) is 0 Å². The van der Waals surface area contributed by atoms with E-state index in [1.165, 1.54) is 12.8 Å². The molecule has 1 atom stereocenters. The summed E-state index contributed by atoms with van der Waals surface area (Å²) in [5.74, 6) is 0. The SMILES string of the molecule is CCC(CC)N(C)C1(CN)CCOC1. The summed E-state index contributed by atoms with van der Waals surface area (Å²) in [5, 5.41) is 0. The van der Waals surface area contributed by atoms with Crippen molar-refractivity contribution >= 4 is 0 Å². The second-order valence-electron chi connectivity index (χ2n) is 4.31. The van der Waals surface area contributed by atoms with Crippen LogP contribution < -0.4 is 5.73 Å². The van der Waals surface area contributed by atoms with Crippen molar-refractivity contribution in [2.45, 2.75) is 44.7 Å². The molecule has 84 valence electrons. The Morgan fingerprint density at radius 1 is 1.43 bits per heavy atom. The molecule has 2 N–H and O–H groups in total. The minimum absolute atomic E-state index is 0.108. The molecule has 14 heavy (non-hydrogen) atoms. The van der Waals surface area contributed by atoms with E-state index in [0.717, 1.165) is 19.6 Å². The van der Waals surface area contributed by atoms with Crippen LogP contribution in [0.2, 0.25) is 0 Å². The molecule has 1 rings (SSSR count). The molecular formula is C11H24N2O. The fraction of sp³-hybridized carbons (Fsp3) is 1.00. The first-order valence-electron chi connectivity index (χ1n) is 5.71. The highest BCUT2D eigenvalue weighted by Crippen LogP contribution is 2.27. The van der Waals surface area contributed by atoms with Crippen LogP contribution in [0.3, 0.4) is 0 Å². The van der Waals surface area contributed by atoms with E-state index in [-0.39, 0.29) is 5.54 Å². The molecule has 1 aliphatic heterocycles.